The summed E-state index contributed by atoms with van der Waals surface area (Å²) in [7, 11) is 1.80. The lowest BCUT2D eigenvalue weighted by Crippen LogP contribution is -2.17. The molecule has 0 unspecified atom stereocenters. The van der Waals surface area contributed by atoms with Crippen LogP contribution in [0.3, 0.4) is 0 Å². The van der Waals surface area contributed by atoms with Crippen molar-refractivity contribution in [2.45, 2.75) is 12.5 Å². The predicted molar refractivity (Wildman–Crippen MR) is 77.5 cm³/mol. The van der Waals surface area contributed by atoms with Crippen LogP contribution in [-0.2, 0) is 11.8 Å². The zero-order chi connectivity index (χ0) is 14.7. The Morgan fingerprint density at radius 3 is 3.10 bits per heavy atom. The van der Waals surface area contributed by atoms with Gasteiger partial charge in [-0.3, -0.25) is 9.48 Å². The van der Waals surface area contributed by atoms with Crippen molar-refractivity contribution in [3.05, 3.63) is 42.1 Å². The molecule has 6 nitrogen and oxygen atoms in total. The number of carbonyl (C=O) groups excluding carboxylic acids is 1. The third kappa shape index (κ3) is 3.41. The van der Waals surface area contributed by atoms with Gasteiger partial charge in [-0.05, 0) is 18.2 Å². The molecule has 1 aliphatic rings. The summed E-state index contributed by atoms with van der Waals surface area (Å²) < 4.78 is 12.7. The second-order valence-corrected chi connectivity index (χ2v) is 4.96. The number of anilines is 1. The Morgan fingerprint density at radius 1 is 1.48 bits per heavy atom. The fourth-order valence-electron chi connectivity index (χ4n) is 2.18. The van der Waals surface area contributed by atoms with E-state index in [2.05, 4.69) is 10.4 Å². The summed E-state index contributed by atoms with van der Waals surface area (Å²) in [6, 6.07) is 8.87. The quantitative estimate of drug-likeness (QED) is 0.932. The summed E-state index contributed by atoms with van der Waals surface area (Å²) in [5.74, 6) is 0.999. The minimum atomic E-state index is -0.207. The number of ether oxygens (including phenoxy) is 2. The van der Waals surface area contributed by atoms with Crippen LogP contribution in [0.4, 0.5) is 5.82 Å². The largest absolute Gasteiger partial charge is 0.488 e. The van der Waals surface area contributed by atoms with E-state index in [9.17, 15) is 4.79 Å². The number of nitrogens with zero attached hydrogens (tertiary/aromatic N) is 2. The molecule has 6 heteroatoms. The number of aromatic nitrogens is 2. The number of benzene rings is 1. The predicted octanol–water partition coefficient (Wildman–Crippen LogP) is 1.84. The Kier molecular flexibility index (Phi) is 3.87. The van der Waals surface area contributed by atoms with Crippen molar-refractivity contribution in [3.63, 3.8) is 0 Å². The Balaban J connectivity index is 1.68. The van der Waals surface area contributed by atoms with Gasteiger partial charge in [0.15, 0.2) is 5.82 Å². The molecule has 1 amide bonds. The van der Waals surface area contributed by atoms with Crippen molar-refractivity contribution < 1.29 is 14.3 Å². The molecule has 21 heavy (non-hydrogen) atoms. The first kappa shape index (κ1) is 13.6. The SMILES string of the molecule is Cn1ccc(NC(=O)c2cccc(O[C@H]3CCOC3)c2)n1. The number of rotatable bonds is 4. The van der Waals surface area contributed by atoms with Gasteiger partial charge in [-0.15, -0.1) is 0 Å². The molecule has 2 aromatic rings. The lowest BCUT2D eigenvalue weighted by Gasteiger charge is -2.12. The second kappa shape index (κ2) is 5.97. The van der Waals surface area contributed by atoms with E-state index in [1.165, 1.54) is 0 Å². The van der Waals surface area contributed by atoms with Crippen molar-refractivity contribution in [1.82, 2.24) is 9.78 Å². The van der Waals surface area contributed by atoms with Crippen molar-refractivity contribution in [3.8, 4) is 5.75 Å². The Bertz CT molecular complexity index is 633. The van der Waals surface area contributed by atoms with Crippen LogP contribution in [0.25, 0.3) is 0 Å². The minimum Gasteiger partial charge on any atom is -0.488 e. The molecule has 110 valence electrons. The summed E-state index contributed by atoms with van der Waals surface area (Å²) in [6.45, 7) is 1.33. The van der Waals surface area contributed by atoms with Gasteiger partial charge in [-0.25, -0.2) is 0 Å². The van der Waals surface area contributed by atoms with Crippen molar-refractivity contribution in [1.29, 1.82) is 0 Å². The first-order chi connectivity index (χ1) is 10.2. The topological polar surface area (TPSA) is 65.4 Å². The fourth-order valence-corrected chi connectivity index (χ4v) is 2.18. The van der Waals surface area contributed by atoms with Gasteiger partial charge in [0.2, 0.25) is 0 Å². The minimum absolute atomic E-state index is 0.0686. The number of hydrogen-bond acceptors (Lipinski definition) is 4. The highest BCUT2D eigenvalue weighted by Crippen LogP contribution is 2.19. The maximum atomic E-state index is 12.2. The van der Waals surface area contributed by atoms with Crippen molar-refractivity contribution in [2.24, 2.45) is 7.05 Å². The van der Waals surface area contributed by atoms with Crippen LogP contribution >= 0.6 is 0 Å². The highest BCUT2D eigenvalue weighted by molar-refractivity contribution is 6.03. The normalized spacial score (nSPS) is 17.7. The summed E-state index contributed by atoms with van der Waals surface area (Å²) in [6.07, 6.45) is 2.72. The molecular formula is C15H17N3O3. The van der Waals surface area contributed by atoms with E-state index in [1.807, 2.05) is 6.07 Å². The highest BCUT2D eigenvalue weighted by Gasteiger charge is 2.17. The number of hydrogen-bond donors (Lipinski definition) is 1. The van der Waals surface area contributed by atoms with E-state index < -0.39 is 0 Å². The van der Waals surface area contributed by atoms with Gasteiger partial charge in [0.1, 0.15) is 11.9 Å². The summed E-state index contributed by atoms with van der Waals surface area (Å²) in [5, 5.41) is 6.87. The van der Waals surface area contributed by atoms with E-state index in [-0.39, 0.29) is 12.0 Å². The van der Waals surface area contributed by atoms with Gasteiger partial charge in [-0.2, -0.15) is 5.10 Å². The van der Waals surface area contributed by atoms with Gasteiger partial charge in [0.25, 0.3) is 5.91 Å². The van der Waals surface area contributed by atoms with Crippen LogP contribution in [0, 0.1) is 0 Å². The van der Waals surface area contributed by atoms with Crippen LogP contribution in [-0.4, -0.2) is 35.0 Å². The van der Waals surface area contributed by atoms with E-state index >= 15 is 0 Å². The maximum absolute atomic E-state index is 12.2. The van der Waals surface area contributed by atoms with Gasteiger partial charge in [0.05, 0.1) is 13.2 Å². The molecule has 0 bridgehead atoms. The fraction of sp³-hybridized carbons (Fsp3) is 0.333. The maximum Gasteiger partial charge on any atom is 0.256 e. The molecule has 1 aromatic heterocycles. The number of carbonyl (C=O) groups is 1. The van der Waals surface area contributed by atoms with E-state index in [0.29, 0.717) is 23.7 Å². The zero-order valence-electron chi connectivity index (χ0n) is 11.8. The summed E-state index contributed by atoms with van der Waals surface area (Å²) in [4.78, 5) is 12.2. The molecule has 0 saturated carbocycles. The molecule has 3 rings (SSSR count). The molecule has 2 heterocycles. The first-order valence-corrected chi connectivity index (χ1v) is 6.86. The van der Waals surface area contributed by atoms with Crippen molar-refractivity contribution in [2.75, 3.05) is 18.5 Å². The molecule has 0 aliphatic carbocycles. The Labute approximate surface area is 122 Å². The van der Waals surface area contributed by atoms with Crippen molar-refractivity contribution >= 4 is 11.7 Å². The standard InChI is InChI=1S/C15H17N3O3/c1-18-7-5-14(17-18)16-15(19)11-3-2-4-12(9-11)21-13-6-8-20-10-13/h2-5,7,9,13H,6,8,10H2,1H3,(H,16,17,19)/t13-/m0/s1. The molecule has 1 fully saturated rings. The molecule has 1 atom stereocenters. The molecule has 0 spiro atoms. The molecule has 1 aliphatic heterocycles. The van der Waals surface area contributed by atoms with E-state index in [4.69, 9.17) is 9.47 Å². The van der Waals surface area contributed by atoms with Crippen LogP contribution in [0.2, 0.25) is 0 Å². The van der Waals surface area contributed by atoms with Crippen LogP contribution < -0.4 is 10.1 Å². The van der Waals surface area contributed by atoms with Gasteiger partial charge >= 0.3 is 0 Å². The molecule has 1 N–H and O–H groups in total. The first-order valence-electron chi connectivity index (χ1n) is 6.86. The van der Waals surface area contributed by atoms with E-state index in [0.717, 1.165) is 13.0 Å². The molecule has 0 radical (unpaired) electrons. The summed E-state index contributed by atoms with van der Waals surface area (Å²) in [5.41, 5.74) is 0.539. The number of nitrogens with one attached hydrogen (secondary N) is 1. The molecule has 1 saturated heterocycles. The average Bonchev–Trinajstić information content (AvgIpc) is 3.11. The van der Waals surface area contributed by atoms with Gasteiger partial charge in [-0.1, -0.05) is 6.07 Å². The van der Waals surface area contributed by atoms with Gasteiger partial charge in [0, 0.05) is 31.3 Å². The van der Waals surface area contributed by atoms with Gasteiger partial charge < -0.3 is 14.8 Å². The summed E-state index contributed by atoms with van der Waals surface area (Å²) >= 11 is 0. The zero-order valence-corrected chi connectivity index (χ0v) is 11.8. The Morgan fingerprint density at radius 2 is 2.38 bits per heavy atom. The Hall–Kier alpha value is -2.34. The average molecular weight is 287 g/mol. The van der Waals surface area contributed by atoms with Crippen LogP contribution in [0.1, 0.15) is 16.8 Å². The van der Waals surface area contributed by atoms with E-state index in [1.54, 1.807) is 42.2 Å². The number of amides is 1. The smallest absolute Gasteiger partial charge is 0.256 e. The molecular weight excluding hydrogens is 270 g/mol. The third-order valence-electron chi connectivity index (χ3n) is 3.24. The lowest BCUT2D eigenvalue weighted by atomic mass is 10.2. The lowest BCUT2D eigenvalue weighted by molar-refractivity contribution is 0.102. The van der Waals surface area contributed by atoms with Crippen LogP contribution in [0.5, 0.6) is 5.75 Å². The second-order valence-electron chi connectivity index (χ2n) is 4.96. The highest BCUT2D eigenvalue weighted by atomic mass is 16.5. The van der Waals surface area contributed by atoms with Crippen LogP contribution in [0.15, 0.2) is 36.5 Å². The monoisotopic (exact) mass is 287 g/mol. The number of aryl methyl sites for hydroxylation is 1. The third-order valence-corrected chi connectivity index (χ3v) is 3.24. The molecule has 1 aromatic carbocycles.